The molecule has 3 aromatic carbocycles. The number of nitrogens with zero attached hydrogens (tertiary/aromatic N) is 1. The maximum absolute atomic E-state index is 12.3. The number of benzene rings is 3. The number of carbonyl (C=O) groups excluding carboxylic acids is 1. The Bertz CT molecular complexity index is 1120. The van der Waals surface area contributed by atoms with Gasteiger partial charge in [-0.3, -0.25) is 4.79 Å². The SMILES string of the molecule is O=C(Cc1ccc(Cl)cc1)Nc1ccc2oc(-c3ccccc3Cl)nc2c1. The average Bonchev–Trinajstić information content (AvgIpc) is 3.07. The lowest BCUT2D eigenvalue weighted by molar-refractivity contribution is -0.115. The van der Waals surface area contributed by atoms with Gasteiger partial charge in [-0.25, -0.2) is 4.98 Å². The van der Waals surface area contributed by atoms with Gasteiger partial charge in [0.15, 0.2) is 5.58 Å². The molecule has 4 rings (SSSR count). The van der Waals surface area contributed by atoms with Gasteiger partial charge in [0.2, 0.25) is 11.8 Å². The molecule has 6 heteroatoms. The number of nitrogens with one attached hydrogen (secondary N) is 1. The second-order valence-electron chi connectivity index (χ2n) is 6.03. The van der Waals surface area contributed by atoms with Crippen LogP contribution in [0.5, 0.6) is 0 Å². The van der Waals surface area contributed by atoms with Gasteiger partial charge in [0.05, 0.1) is 17.0 Å². The Labute approximate surface area is 165 Å². The van der Waals surface area contributed by atoms with Crippen LogP contribution >= 0.6 is 23.2 Å². The van der Waals surface area contributed by atoms with Gasteiger partial charge in [-0.2, -0.15) is 0 Å². The number of hydrogen-bond donors (Lipinski definition) is 1. The minimum atomic E-state index is -0.119. The number of aromatic nitrogens is 1. The highest BCUT2D eigenvalue weighted by Gasteiger charge is 2.12. The first-order chi connectivity index (χ1) is 13.1. The third-order valence-electron chi connectivity index (χ3n) is 4.05. The molecular weight excluding hydrogens is 383 g/mol. The van der Waals surface area contributed by atoms with Crippen molar-refractivity contribution in [2.24, 2.45) is 0 Å². The molecule has 0 atom stereocenters. The lowest BCUT2D eigenvalue weighted by Crippen LogP contribution is -2.14. The predicted molar refractivity (Wildman–Crippen MR) is 108 cm³/mol. The Morgan fingerprint density at radius 3 is 2.56 bits per heavy atom. The smallest absolute Gasteiger partial charge is 0.228 e. The van der Waals surface area contributed by atoms with Gasteiger partial charge in [-0.15, -0.1) is 0 Å². The largest absolute Gasteiger partial charge is 0.436 e. The van der Waals surface area contributed by atoms with Crippen LogP contribution in [0.3, 0.4) is 0 Å². The van der Waals surface area contributed by atoms with Crippen molar-refractivity contribution in [2.45, 2.75) is 6.42 Å². The van der Waals surface area contributed by atoms with Gasteiger partial charge in [-0.1, -0.05) is 47.5 Å². The standard InChI is InChI=1S/C21H14Cl2N2O2/c22-14-7-5-13(6-8-14)11-20(26)24-15-9-10-19-18(12-15)25-21(27-19)16-3-1-2-4-17(16)23/h1-10,12H,11H2,(H,24,26). The fraction of sp³-hybridized carbons (Fsp3) is 0.0476. The highest BCUT2D eigenvalue weighted by Crippen LogP contribution is 2.30. The molecule has 0 aliphatic heterocycles. The summed E-state index contributed by atoms with van der Waals surface area (Å²) < 4.78 is 5.78. The van der Waals surface area contributed by atoms with Crippen LogP contribution in [-0.2, 0) is 11.2 Å². The minimum Gasteiger partial charge on any atom is -0.436 e. The molecule has 0 bridgehead atoms. The van der Waals surface area contributed by atoms with Crippen molar-refractivity contribution in [3.8, 4) is 11.5 Å². The van der Waals surface area contributed by atoms with Crippen LogP contribution < -0.4 is 5.32 Å². The second kappa shape index (κ2) is 7.43. The molecule has 0 spiro atoms. The van der Waals surface area contributed by atoms with E-state index in [0.29, 0.717) is 32.7 Å². The van der Waals surface area contributed by atoms with Crippen LogP contribution in [-0.4, -0.2) is 10.9 Å². The fourth-order valence-corrected chi connectivity index (χ4v) is 3.09. The number of carbonyl (C=O) groups is 1. The Hall–Kier alpha value is -2.82. The lowest BCUT2D eigenvalue weighted by atomic mass is 10.1. The normalized spacial score (nSPS) is 10.9. The van der Waals surface area contributed by atoms with E-state index < -0.39 is 0 Å². The van der Waals surface area contributed by atoms with E-state index in [9.17, 15) is 4.79 Å². The number of oxazole rings is 1. The number of hydrogen-bond acceptors (Lipinski definition) is 3. The van der Waals surface area contributed by atoms with Crippen LogP contribution in [0, 0.1) is 0 Å². The number of halogens is 2. The van der Waals surface area contributed by atoms with Crippen molar-refractivity contribution >= 4 is 45.9 Å². The highest BCUT2D eigenvalue weighted by molar-refractivity contribution is 6.33. The highest BCUT2D eigenvalue weighted by atomic mass is 35.5. The van der Waals surface area contributed by atoms with Crippen LogP contribution in [0.25, 0.3) is 22.6 Å². The number of rotatable bonds is 4. The van der Waals surface area contributed by atoms with Crippen LogP contribution in [0.2, 0.25) is 10.0 Å². The maximum Gasteiger partial charge on any atom is 0.228 e. The molecule has 0 fully saturated rings. The van der Waals surface area contributed by atoms with Crippen LogP contribution in [0.4, 0.5) is 5.69 Å². The third kappa shape index (κ3) is 3.97. The zero-order chi connectivity index (χ0) is 18.8. The summed E-state index contributed by atoms with van der Waals surface area (Å²) in [6.07, 6.45) is 0.263. The number of anilines is 1. The third-order valence-corrected chi connectivity index (χ3v) is 4.64. The zero-order valence-electron chi connectivity index (χ0n) is 14.1. The van der Waals surface area contributed by atoms with E-state index in [1.165, 1.54) is 0 Å². The van der Waals surface area contributed by atoms with Gasteiger partial charge < -0.3 is 9.73 Å². The summed E-state index contributed by atoms with van der Waals surface area (Å²) in [4.78, 5) is 16.8. The topological polar surface area (TPSA) is 55.1 Å². The van der Waals surface area contributed by atoms with Crippen molar-refractivity contribution in [2.75, 3.05) is 5.32 Å². The molecule has 0 radical (unpaired) electrons. The average molecular weight is 397 g/mol. The van der Waals surface area contributed by atoms with Crippen molar-refractivity contribution in [1.82, 2.24) is 4.98 Å². The Kier molecular flexibility index (Phi) is 4.84. The van der Waals surface area contributed by atoms with E-state index in [1.54, 1.807) is 36.4 Å². The van der Waals surface area contributed by atoms with Gasteiger partial charge in [0, 0.05) is 10.7 Å². The molecule has 1 aromatic heterocycles. The van der Waals surface area contributed by atoms with Gasteiger partial charge >= 0.3 is 0 Å². The summed E-state index contributed by atoms with van der Waals surface area (Å²) in [6.45, 7) is 0. The van der Waals surface area contributed by atoms with E-state index in [-0.39, 0.29) is 12.3 Å². The van der Waals surface area contributed by atoms with Crippen molar-refractivity contribution in [3.05, 3.63) is 82.3 Å². The molecule has 134 valence electrons. The molecule has 0 unspecified atom stereocenters. The fourth-order valence-electron chi connectivity index (χ4n) is 2.75. The molecule has 0 saturated heterocycles. The van der Waals surface area contributed by atoms with E-state index in [1.807, 2.05) is 30.3 Å². The Morgan fingerprint density at radius 1 is 1.00 bits per heavy atom. The van der Waals surface area contributed by atoms with E-state index in [2.05, 4.69) is 10.3 Å². The van der Waals surface area contributed by atoms with E-state index >= 15 is 0 Å². The molecule has 0 aliphatic carbocycles. The van der Waals surface area contributed by atoms with E-state index in [4.69, 9.17) is 27.6 Å². The van der Waals surface area contributed by atoms with Crippen molar-refractivity contribution in [3.63, 3.8) is 0 Å². The summed E-state index contributed by atoms with van der Waals surface area (Å²) in [7, 11) is 0. The van der Waals surface area contributed by atoms with Gasteiger partial charge in [-0.05, 0) is 48.0 Å². The first kappa shape index (κ1) is 17.6. The summed E-state index contributed by atoms with van der Waals surface area (Å²) in [5.41, 5.74) is 3.54. The maximum atomic E-state index is 12.3. The predicted octanol–water partition coefficient (Wildman–Crippen LogP) is 5.98. The number of amides is 1. The molecule has 0 aliphatic rings. The molecule has 4 aromatic rings. The molecule has 1 amide bonds. The first-order valence-corrected chi connectivity index (χ1v) is 9.04. The van der Waals surface area contributed by atoms with Gasteiger partial charge in [0.1, 0.15) is 5.52 Å². The summed E-state index contributed by atoms with van der Waals surface area (Å²) >= 11 is 12.1. The molecule has 1 heterocycles. The van der Waals surface area contributed by atoms with Gasteiger partial charge in [0.25, 0.3) is 0 Å². The Balaban J connectivity index is 1.54. The Morgan fingerprint density at radius 2 is 1.78 bits per heavy atom. The second-order valence-corrected chi connectivity index (χ2v) is 6.88. The quantitative estimate of drug-likeness (QED) is 0.461. The molecule has 0 saturated carbocycles. The molecular formula is C21H14Cl2N2O2. The monoisotopic (exact) mass is 396 g/mol. The first-order valence-electron chi connectivity index (χ1n) is 8.28. The minimum absolute atomic E-state index is 0.119. The summed E-state index contributed by atoms with van der Waals surface area (Å²) in [5.74, 6) is 0.326. The van der Waals surface area contributed by atoms with Crippen molar-refractivity contribution < 1.29 is 9.21 Å². The van der Waals surface area contributed by atoms with Crippen LogP contribution in [0.1, 0.15) is 5.56 Å². The molecule has 1 N–H and O–H groups in total. The molecule has 27 heavy (non-hydrogen) atoms. The molecule has 4 nitrogen and oxygen atoms in total. The lowest BCUT2D eigenvalue weighted by Gasteiger charge is -2.05. The van der Waals surface area contributed by atoms with E-state index in [0.717, 1.165) is 11.1 Å². The van der Waals surface area contributed by atoms with Crippen molar-refractivity contribution in [1.29, 1.82) is 0 Å². The summed E-state index contributed by atoms with van der Waals surface area (Å²) in [5, 5.41) is 4.09. The van der Waals surface area contributed by atoms with Crippen LogP contribution in [0.15, 0.2) is 71.1 Å². The zero-order valence-corrected chi connectivity index (χ0v) is 15.6. The summed E-state index contributed by atoms with van der Waals surface area (Å²) in [6, 6.07) is 19.9. The number of fused-ring (bicyclic) bond motifs is 1.